The largest absolute Gasteiger partial charge is 0.342 e. The molecule has 0 spiro atoms. The zero-order chi connectivity index (χ0) is 10.7. The molecule has 0 aliphatic heterocycles. The van der Waals surface area contributed by atoms with E-state index in [-0.39, 0.29) is 5.91 Å². The first kappa shape index (κ1) is 11.5. The van der Waals surface area contributed by atoms with Crippen LogP contribution in [-0.4, -0.2) is 24.4 Å². The van der Waals surface area contributed by atoms with E-state index in [0.29, 0.717) is 0 Å². The first-order valence-corrected chi connectivity index (χ1v) is 5.65. The topological polar surface area (TPSA) is 20.3 Å². The van der Waals surface area contributed by atoms with Crippen LogP contribution in [0.1, 0.15) is 22.8 Å². The molecule has 2 nitrogen and oxygen atoms in total. The van der Waals surface area contributed by atoms with Gasteiger partial charge in [-0.3, -0.25) is 4.79 Å². The van der Waals surface area contributed by atoms with Crippen LogP contribution in [0.5, 0.6) is 0 Å². The Morgan fingerprint density at radius 2 is 2.14 bits per heavy atom. The number of aryl methyl sites for hydroxylation is 1. The lowest BCUT2D eigenvalue weighted by molar-refractivity contribution is 0.0802. The van der Waals surface area contributed by atoms with Crippen LogP contribution in [0, 0.1) is 10.5 Å². The number of hydrogen-bond acceptors (Lipinski definition) is 1. The summed E-state index contributed by atoms with van der Waals surface area (Å²) in [6, 6.07) is 5.80. The molecule has 76 valence electrons. The summed E-state index contributed by atoms with van der Waals surface area (Å²) in [6.07, 6.45) is 0. The minimum Gasteiger partial charge on any atom is -0.342 e. The molecule has 0 N–H and O–H groups in total. The predicted octanol–water partition coefficient (Wildman–Crippen LogP) is 2.69. The maximum absolute atomic E-state index is 11.8. The monoisotopic (exact) mass is 303 g/mol. The molecule has 0 heterocycles. The van der Waals surface area contributed by atoms with Gasteiger partial charge in [-0.05, 0) is 60.2 Å². The fraction of sp³-hybridized carbons (Fsp3) is 0.364. The third-order valence-corrected chi connectivity index (χ3v) is 3.44. The molecule has 1 amide bonds. The molecule has 0 radical (unpaired) electrons. The number of halogens is 1. The van der Waals surface area contributed by atoms with Crippen molar-refractivity contribution in [1.29, 1.82) is 0 Å². The zero-order valence-corrected chi connectivity index (χ0v) is 10.8. The molecule has 1 aromatic carbocycles. The summed E-state index contributed by atoms with van der Waals surface area (Å²) in [7, 11) is 1.82. The molecule has 0 aromatic heterocycles. The molecule has 0 aliphatic carbocycles. The second-order valence-electron chi connectivity index (χ2n) is 3.28. The van der Waals surface area contributed by atoms with Gasteiger partial charge in [0.05, 0.1) is 0 Å². The number of nitrogens with zero attached hydrogens (tertiary/aromatic N) is 1. The summed E-state index contributed by atoms with van der Waals surface area (Å²) < 4.78 is 1.19. The Labute approximate surface area is 98.4 Å². The van der Waals surface area contributed by atoms with Gasteiger partial charge in [-0.15, -0.1) is 0 Å². The number of benzene rings is 1. The number of rotatable bonds is 2. The van der Waals surface area contributed by atoms with E-state index in [1.165, 1.54) is 3.57 Å². The van der Waals surface area contributed by atoms with Gasteiger partial charge < -0.3 is 4.90 Å². The van der Waals surface area contributed by atoms with Gasteiger partial charge in [0.15, 0.2) is 0 Å². The van der Waals surface area contributed by atoms with Crippen LogP contribution in [0.25, 0.3) is 0 Å². The molecule has 0 aliphatic rings. The SMILES string of the molecule is CCN(C)C(=O)c1ccc(I)c(C)c1. The second kappa shape index (κ2) is 4.77. The molecule has 3 heteroatoms. The number of carbonyl (C=O) groups excluding carboxylic acids is 1. The Morgan fingerprint density at radius 3 is 2.64 bits per heavy atom. The Kier molecular flexibility index (Phi) is 3.92. The first-order chi connectivity index (χ1) is 6.56. The molecule has 0 unspecified atom stereocenters. The highest BCUT2D eigenvalue weighted by atomic mass is 127. The molecular formula is C11H14INO. The smallest absolute Gasteiger partial charge is 0.253 e. The van der Waals surface area contributed by atoms with Gasteiger partial charge in [0, 0.05) is 22.7 Å². The van der Waals surface area contributed by atoms with Crippen LogP contribution in [0.15, 0.2) is 18.2 Å². The lowest BCUT2D eigenvalue weighted by Gasteiger charge is -2.14. The van der Waals surface area contributed by atoms with Crippen molar-refractivity contribution in [2.45, 2.75) is 13.8 Å². The van der Waals surface area contributed by atoms with Crippen molar-refractivity contribution in [2.75, 3.05) is 13.6 Å². The fourth-order valence-electron chi connectivity index (χ4n) is 1.14. The van der Waals surface area contributed by atoms with Crippen molar-refractivity contribution < 1.29 is 4.79 Å². The van der Waals surface area contributed by atoms with Gasteiger partial charge >= 0.3 is 0 Å². The highest BCUT2D eigenvalue weighted by molar-refractivity contribution is 14.1. The average Bonchev–Trinajstić information content (AvgIpc) is 2.20. The van der Waals surface area contributed by atoms with Crippen LogP contribution in [0.2, 0.25) is 0 Å². The maximum atomic E-state index is 11.8. The fourth-order valence-corrected chi connectivity index (χ4v) is 1.48. The summed E-state index contributed by atoms with van der Waals surface area (Å²) in [6.45, 7) is 4.73. The third-order valence-electron chi connectivity index (χ3n) is 2.23. The highest BCUT2D eigenvalue weighted by Crippen LogP contribution is 2.14. The van der Waals surface area contributed by atoms with E-state index in [9.17, 15) is 4.79 Å². The molecule has 1 rings (SSSR count). The predicted molar refractivity (Wildman–Crippen MR) is 66.5 cm³/mol. The van der Waals surface area contributed by atoms with Gasteiger partial charge in [0.2, 0.25) is 0 Å². The Hall–Kier alpha value is -0.580. The van der Waals surface area contributed by atoms with Crippen LogP contribution < -0.4 is 0 Å². The quantitative estimate of drug-likeness (QED) is 0.769. The van der Waals surface area contributed by atoms with Crippen molar-refractivity contribution in [3.05, 3.63) is 32.9 Å². The number of hydrogen-bond donors (Lipinski definition) is 0. The molecule has 0 saturated heterocycles. The third kappa shape index (κ3) is 2.47. The van der Waals surface area contributed by atoms with Gasteiger partial charge in [-0.2, -0.15) is 0 Å². The molecule has 14 heavy (non-hydrogen) atoms. The molecular weight excluding hydrogens is 289 g/mol. The van der Waals surface area contributed by atoms with E-state index in [1.54, 1.807) is 4.90 Å². The highest BCUT2D eigenvalue weighted by Gasteiger charge is 2.10. The van der Waals surface area contributed by atoms with Crippen LogP contribution in [0.4, 0.5) is 0 Å². The van der Waals surface area contributed by atoms with Crippen LogP contribution in [-0.2, 0) is 0 Å². The van der Waals surface area contributed by atoms with Crippen LogP contribution >= 0.6 is 22.6 Å². The second-order valence-corrected chi connectivity index (χ2v) is 4.45. The molecule has 0 saturated carbocycles. The van der Waals surface area contributed by atoms with Gasteiger partial charge in [-0.25, -0.2) is 0 Å². The normalized spacial score (nSPS) is 10.0. The summed E-state index contributed by atoms with van der Waals surface area (Å²) in [5.41, 5.74) is 1.92. The molecule has 0 fully saturated rings. The Bertz CT molecular complexity index is 349. The van der Waals surface area contributed by atoms with Crippen molar-refractivity contribution in [3.8, 4) is 0 Å². The summed E-state index contributed by atoms with van der Waals surface area (Å²) in [5.74, 6) is 0.0898. The molecule has 1 aromatic rings. The van der Waals surface area contributed by atoms with Crippen molar-refractivity contribution in [3.63, 3.8) is 0 Å². The zero-order valence-electron chi connectivity index (χ0n) is 8.67. The minimum atomic E-state index is 0.0898. The van der Waals surface area contributed by atoms with E-state index >= 15 is 0 Å². The summed E-state index contributed by atoms with van der Waals surface area (Å²) in [5, 5.41) is 0. The Morgan fingerprint density at radius 1 is 1.50 bits per heavy atom. The van der Waals surface area contributed by atoms with E-state index < -0.39 is 0 Å². The maximum Gasteiger partial charge on any atom is 0.253 e. The first-order valence-electron chi connectivity index (χ1n) is 4.58. The van der Waals surface area contributed by atoms with E-state index in [4.69, 9.17) is 0 Å². The lowest BCUT2D eigenvalue weighted by Crippen LogP contribution is -2.26. The van der Waals surface area contributed by atoms with Crippen molar-refractivity contribution in [2.24, 2.45) is 0 Å². The van der Waals surface area contributed by atoms with Gasteiger partial charge in [0.1, 0.15) is 0 Å². The summed E-state index contributed by atoms with van der Waals surface area (Å²) >= 11 is 2.27. The van der Waals surface area contributed by atoms with E-state index in [2.05, 4.69) is 22.6 Å². The number of amides is 1. The van der Waals surface area contributed by atoms with Crippen molar-refractivity contribution in [1.82, 2.24) is 4.90 Å². The lowest BCUT2D eigenvalue weighted by atomic mass is 10.1. The van der Waals surface area contributed by atoms with Crippen molar-refractivity contribution >= 4 is 28.5 Å². The summed E-state index contributed by atoms with van der Waals surface area (Å²) in [4.78, 5) is 13.5. The van der Waals surface area contributed by atoms with E-state index in [0.717, 1.165) is 17.7 Å². The standard InChI is InChI=1S/C11H14INO/c1-4-13(3)11(14)9-5-6-10(12)8(2)7-9/h5-7H,4H2,1-3H3. The van der Waals surface area contributed by atoms with Gasteiger partial charge in [-0.1, -0.05) is 0 Å². The number of carbonyl (C=O) groups is 1. The van der Waals surface area contributed by atoms with Gasteiger partial charge in [0.25, 0.3) is 5.91 Å². The average molecular weight is 303 g/mol. The Balaban J connectivity index is 2.97. The molecule has 0 bridgehead atoms. The minimum absolute atomic E-state index is 0.0898. The molecule has 0 atom stereocenters. The van der Waals surface area contributed by atoms with E-state index in [1.807, 2.05) is 39.1 Å². The van der Waals surface area contributed by atoms with Crippen LogP contribution in [0.3, 0.4) is 0 Å².